The van der Waals surface area contributed by atoms with Crippen LogP contribution >= 0.6 is 0 Å². The molecule has 2 aromatic carbocycles. The predicted octanol–water partition coefficient (Wildman–Crippen LogP) is 3.97. The van der Waals surface area contributed by atoms with Crippen LogP contribution in [0.5, 0.6) is 0 Å². The van der Waals surface area contributed by atoms with E-state index in [-0.39, 0.29) is 0 Å². The van der Waals surface area contributed by atoms with E-state index in [1.807, 2.05) is 66.4 Å². The minimum absolute atomic E-state index is 1.02. The fourth-order valence-corrected chi connectivity index (χ4v) is 2.65. The molecule has 96 valence electrons. The SMILES string of the molecule is C=C[Si](C)(C#Cc1ccccc1)C#Cc1ccccc1. The molecular formula is C19H16Si. The van der Waals surface area contributed by atoms with Gasteiger partial charge in [-0.25, -0.2) is 0 Å². The Morgan fingerprint density at radius 3 is 1.55 bits per heavy atom. The lowest BCUT2D eigenvalue weighted by Crippen LogP contribution is -2.23. The lowest BCUT2D eigenvalue weighted by Gasteiger charge is -2.05. The molecule has 0 atom stereocenters. The Morgan fingerprint density at radius 1 is 0.800 bits per heavy atom. The van der Waals surface area contributed by atoms with Crippen molar-refractivity contribution in [3.05, 3.63) is 84.1 Å². The van der Waals surface area contributed by atoms with Gasteiger partial charge in [0.1, 0.15) is 0 Å². The molecule has 0 amide bonds. The second kappa shape index (κ2) is 6.62. The van der Waals surface area contributed by atoms with Gasteiger partial charge in [0.15, 0.2) is 0 Å². The third-order valence-electron chi connectivity index (χ3n) is 2.89. The molecule has 0 saturated heterocycles. The molecule has 0 fully saturated rings. The van der Waals surface area contributed by atoms with Gasteiger partial charge in [-0.05, 0) is 30.8 Å². The molecule has 20 heavy (non-hydrogen) atoms. The molecule has 0 aromatic heterocycles. The van der Waals surface area contributed by atoms with Crippen LogP contribution in [0.15, 0.2) is 72.9 Å². The molecule has 0 heterocycles. The van der Waals surface area contributed by atoms with Crippen molar-refractivity contribution in [3.63, 3.8) is 0 Å². The van der Waals surface area contributed by atoms with E-state index in [9.17, 15) is 0 Å². The highest BCUT2D eigenvalue weighted by Gasteiger charge is 2.17. The molecule has 0 bridgehead atoms. The van der Waals surface area contributed by atoms with E-state index in [1.54, 1.807) is 0 Å². The molecule has 0 nitrogen and oxygen atoms in total. The van der Waals surface area contributed by atoms with Gasteiger partial charge in [0, 0.05) is 11.1 Å². The zero-order valence-corrected chi connectivity index (χ0v) is 12.6. The first-order chi connectivity index (χ1) is 9.72. The van der Waals surface area contributed by atoms with Crippen LogP contribution in [0.3, 0.4) is 0 Å². The van der Waals surface area contributed by atoms with Gasteiger partial charge in [-0.3, -0.25) is 0 Å². The summed E-state index contributed by atoms with van der Waals surface area (Å²) in [6, 6.07) is 20.0. The maximum atomic E-state index is 3.91. The van der Waals surface area contributed by atoms with Gasteiger partial charge in [-0.2, -0.15) is 0 Å². The Morgan fingerprint density at radius 2 is 1.20 bits per heavy atom. The van der Waals surface area contributed by atoms with Crippen LogP contribution in [0.4, 0.5) is 0 Å². The summed E-state index contributed by atoms with van der Waals surface area (Å²) in [7, 11) is -2.05. The Labute approximate surface area is 122 Å². The van der Waals surface area contributed by atoms with Crippen LogP contribution in [0.2, 0.25) is 6.55 Å². The van der Waals surface area contributed by atoms with Gasteiger partial charge in [-0.1, -0.05) is 53.9 Å². The third kappa shape index (κ3) is 4.02. The summed E-state index contributed by atoms with van der Waals surface area (Å²) in [6.45, 7) is 6.03. The normalized spacial score (nSPS) is 9.65. The highest BCUT2D eigenvalue weighted by atomic mass is 28.3. The maximum absolute atomic E-state index is 3.91. The van der Waals surface area contributed by atoms with Crippen molar-refractivity contribution < 1.29 is 0 Å². The molecule has 0 aliphatic carbocycles. The summed E-state index contributed by atoms with van der Waals surface area (Å²) in [5.41, 5.74) is 10.6. The summed E-state index contributed by atoms with van der Waals surface area (Å²) in [5, 5.41) is 0. The van der Waals surface area contributed by atoms with Crippen LogP contribution in [0, 0.1) is 22.9 Å². The van der Waals surface area contributed by atoms with Crippen molar-refractivity contribution in [2.75, 3.05) is 0 Å². The molecule has 0 spiro atoms. The molecule has 0 saturated carbocycles. The van der Waals surface area contributed by atoms with Gasteiger partial charge in [0.25, 0.3) is 0 Å². The molecule has 2 aromatic rings. The molecule has 1 heteroatoms. The number of hydrogen-bond donors (Lipinski definition) is 0. The van der Waals surface area contributed by atoms with Crippen LogP contribution in [0.1, 0.15) is 11.1 Å². The lowest BCUT2D eigenvalue weighted by atomic mass is 10.2. The van der Waals surface area contributed by atoms with E-state index >= 15 is 0 Å². The monoisotopic (exact) mass is 272 g/mol. The molecule has 0 aliphatic heterocycles. The van der Waals surface area contributed by atoms with Gasteiger partial charge in [0.05, 0.1) is 0 Å². The van der Waals surface area contributed by atoms with Gasteiger partial charge in [-0.15, -0.1) is 17.7 Å². The Balaban J connectivity index is 2.25. The van der Waals surface area contributed by atoms with Crippen molar-refractivity contribution in [1.29, 1.82) is 0 Å². The van der Waals surface area contributed by atoms with Gasteiger partial charge >= 0.3 is 0 Å². The summed E-state index contributed by atoms with van der Waals surface area (Å²) in [4.78, 5) is 0. The second-order valence-corrected chi connectivity index (χ2v) is 7.95. The van der Waals surface area contributed by atoms with E-state index in [4.69, 9.17) is 0 Å². The largest absolute Gasteiger partial charge is 0.236 e. The molecule has 0 radical (unpaired) electrons. The Bertz CT molecular complexity index is 634. The van der Waals surface area contributed by atoms with Crippen LogP contribution in [-0.4, -0.2) is 8.07 Å². The first-order valence-corrected chi connectivity index (χ1v) is 9.10. The first kappa shape index (κ1) is 13.9. The molecule has 2 rings (SSSR count). The molecule has 0 aliphatic rings. The highest BCUT2D eigenvalue weighted by Crippen LogP contribution is 2.04. The quantitative estimate of drug-likeness (QED) is 0.544. The lowest BCUT2D eigenvalue weighted by molar-refractivity contribution is 1.65. The summed E-state index contributed by atoms with van der Waals surface area (Å²) >= 11 is 0. The van der Waals surface area contributed by atoms with Crippen molar-refractivity contribution in [1.82, 2.24) is 0 Å². The smallest absolute Gasteiger partial charge is 0.105 e. The van der Waals surface area contributed by atoms with Crippen molar-refractivity contribution in [3.8, 4) is 22.9 Å². The van der Waals surface area contributed by atoms with Gasteiger partial charge in [0.2, 0.25) is 8.07 Å². The topological polar surface area (TPSA) is 0 Å². The van der Waals surface area contributed by atoms with Crippen molar-refractivity contribution in [2.24, 2.45) is 0 Å². The minimum atomic E-state index is -2.05. The van der Waals surface area contributed by atoms with Crippen molar-refractivity contribution in [2.45, 2.75) is 6.55 Å². The Hall–Kier alpha value is -2.48. The van der Waals surface area contributed by atoms with Crippen LogP contribution in [-0.2, 0) is 0 Å². The molecule has 0 unspecified atom stereocenters. The predicted molar refractivity (Wildman–Crippen MR) is 88.5 cm³/mol. The van der Waals surface area contributed by atoms with Crippen LogP contribution < -0.4 is 0 Å². The highest BCUT2D eigenvalue weighted by molar-refractivity contribution is 6.97. The fraction of sp³-hybridized carbons (Fsp3) is 0.0526. The zero-order chi connectivity index (χ0) is 14.3. The Kier molecular flexibility index (Phi) is 4.61. The molecular weight excluding hydrogens is 256 g/mol. The number of hydrogen-bond acceptors (Lipinski definition) is 0. The minimum Gasteiger partial charge on any atom is -0.105 e. The van der Waals surface area contributed by atoms with E-state index in [1.165, 1.54) is 0 Å². The third-order valence-corrected chi connectivity index (χ3v) is 4.99. The summed E-state index contributed by atoms with van der Waals surface area (Å²) in [5.74, 6) is 6.42. The zero-order valence-electron chi connectivity index (χ0n) is 11.6. The first-order valence-electron chi connectivity index (χ1n) is 6.52. The number of rotatable bonds is 1. The second-order valence-electron chi connectivity index (χ2n) is 4.64. The van der Waals surface area contributed by atoms with Crippen LogP contribution in [0.25, 0.3) is 0 Å². The summed E-state index contributed by atoms with van der Waals surface area (Å²) < 4.78 is 0. The van der Waals surface area contributed by atoms with E-state index < -0.39 is 8.07 Å². The van der Waals surface area contributed by atoms with Crippen molar-refractivity contribution >= 4 is 8.07 Å². The van der Waals surface area contributed by atoms with E-state index in [0.717, 1.165) is 11.1 Å². The summed E-state index contributed by atoms with van der Waals surface area (Å²) in [6.07, 6.45) is 0. The van der Waals surface area contributed by atoms with Gasteiger partial charge < -0.3 is 0 Å². The average molecular weight is 272 g/mol. The van der Waals surface area contributed by atoms with E-state index in [0.29, 0.717) is 0 Å². The average Bonchev–Trinajstić information content (AvgIpc) is 2.53. The maximum Gasteiger partial charge on any atom is 0.236 e. The number of benzene rings is 2. The molecule has 0 N–H and O–H groups in total. The fourth-order valence-electron chi connectivity index (χ4n) is 1.58. The van der Waals surface area contributed by atoms with E-state index in [2.05, 4.69) is 36.1 Å². The standard InChI is InChI=1S/C19H16Si/c1-3-20(2,16-14-18-10-6-4-7-11-18)17-15-19-12-8-5-9-13-19/h3-13H,1H2,2H3.